The molecule has 6 heteroatoms. The van der Waals surface area contributed by atoms with Crippen LogP contribution >= 0.6 is 0 Å². The number of aryl methyl sites for hydroxylation is 1. The highest BCUT2D eigenvalue weighted by molar-refractivity contribution is 5.88. The van der Waals surface area contributed by atoms with E-state index in [1.807, 2.05) is 0 Å². The molecule has 1 N–H and O–H groups in total. The van der Waals surface area contributed by atoms with E-state index in [1.165, 1.54) is 6.07 Å². The minimum absolute atomic E-state index is 0.111. The van der Waals surface area contributed by atoms with E-state index in [-0.39, 0.29) is 11.4 Å². The summed E-state index contributed by atoms with van der Waals surface area (Å²) in [5.74, 6) is 0. The summed E-state index contributed by atoms with van der Waals surface area (Å²) in [6.45, 7) is 7.31. The summed E-state index contributed by atoms with van der Waals surface area (Å²) >= 11 is 0. The Kier molecular flexibility index (Phi) is 6.34. The second-order valence-corrected chi connectivity index (χ2v) is 6.19. The second-order valence-electron chi connectivity index (χ2n) is 6.19. The summed E-state index contributed by atoms with van der Waals surface area (Å²) in [7, 11) is 0. The number of amides is 1. The molecule has 0 unspecified atom stereocenters. The molecular weight excluding hydrogens is 284 g/mol. The maximum absolute atomic E-state index is 11.7. The van der Waals surface area contributed by atoms with Crippen LogP contribution in [0.15, 0.2) is 18.2 Å². The molecule has 0 bridgehead atoms. The van der Waals surface area contributed by atoms with Gasteiger partial charge in [-0.1, -0.05) is 25.8 Å². The molecule has 0 spiro atoms. The Morgan fingerprint density at radius 2 is 2.00 bits per heavy atom. The van der Waals surface area contributed by atoms with Crippen LogP contribution in [0.2, 0.25) is 0 Å². The van der Waals surface area contributed by atoms with E-state index in [0.29, 0.717) is 0 Å². The zero-order valence-electron chi connectivity index (χ0n) is 13.6. The topological polar surface area (TPSA) is 81.5 Å². The number of rotatable bonds is 6. The number of ether oxygens (including phenoxy) is 1. The summed E-state index contributed by atoms with van der Waals surface area (Å²) in [5, 5.41) is 13.6. The first kappa shape index (κ1) is 17.9. The highest BCUT2D eigenvalue weighted by atomic mass is 16.6. The van der Waals surface area contributed by atoms with Crippen molar-refractivity contribution in [1.82, 2.24) is 0 Å². The number of anilines is 1. The lowest BCUT2D eigenvalue weighted by Gasteiger charge is -2.19. The number of carbonyl (C=O) groups is 1. The molecule has 1 aromatic carbocycles. The number of hydrogen-bond acceptors (Lipinski definition) is 4. The van der Waals surface area contributed by atoms with Crippen LogP contribution in [0.25, 0.3) is 0 Å². The molecule has 1 amide bonds. The van der Waals surface area contributed by atoms with Crippen LogP contribution in [0, 0.1) is 10.1 Å². The monoisotopic (exact) mass is 308 g/mol. The van der Waals surface area contributed by atoms with Crippen LogP contribution in [0.4, 0.5) is 16.2 Å². The summed E-state index contributed by atoms with van der Waals surface area (Å²) in [5.41, 5.74) is 0.284. The Hall–Kier alpha value is -2.11. The van der Waals surface area contributed by atoms with E-state index in [1.54, 1.807) is 32.9 Å². The first-order valence-electron chi connectivity index (χ1n) is 7.50. The van der Waals surface area contributed by atoms with Crippen molar-refractivity contribution in [3.05, 3.63) is 33.9 Å². The molecule has 0 aromatic heterocycles. The average molecular weight is 308 g/mol. The third-order valence-corrected chi connectivity index (χ3v) is 2.96. The molecule has 0 saturated carbocycles. The molecule has 22 heavy (non-hydrogen) atoms. The average Bonchev–Trinajstić information content (AvgIpc) is 2.38. The maximum Gasteiger partial charge on any atom is 0.412 e. The van der Waals surface area contributed by atoms with Gasteiger partial charge in [-0.2, -0.15) is 0 Å². The van der Waals surface area contributed by atoms with Gasteiger partial charge in [-0.25, -0.2) is 4.79 Å². The molecule has 1 rings (SSSR count). The Morgan fingerprint density at radius 1 is 1.32 bits per heavy atom. The van der Waals surface area contributed by atoms with Gasteiger partial charge in [-0.05, 0) is 45.2 Å². The molecule has 122 valence electrons. The van der Waals surface area contributed by atoms with E-state index in [0.717, 1.165) is 31.2 Å². The number of benzene rings is 1. The van der Waals surface area contributed by atoms with Crippen LogP contribution < -0.4 is 5.32 Å². The van der Waals surface area contributed by atoms with Crippen molar-refractivity contribution in [2.24, 2.45) is 0 Å². The number of nitrogens with one attached hydrogen (secondary N) is 1. The lowest BCUT2D eigenvalue weighted by molar-refractivity contribution is -0.384. The lowest BCUT2D eigenvalue weighted by atomic mass is 10.1. The zero-order chi connectivity index (χ0) is 16.8. The van der Waals surface area contributed by atoms with Gasteiger partial charge in [0.05, 0.1) is 4.92 Å². The third-order valence-electron chi connectivity index (χ3n) is 2.96. The van der Waals surface area contributed by atoms with E-state index >= 15 is 0 Å². The summed E-state index contributed by atoms with van der Waals surface area (Å²) < 4.78 is 5.11. The van der Waals surface area contributed by atoms with Crippen molar-refractivity contribution in [2.45, 2.75) is 59.0 Å². The van der Waals surface area contributed by atoms with Gasteiger partial charge in [0.25, 0.3) is 5.69 Å². The Balaban J connectivity index is 2.86. The van der Waals surface area contributed by atoms with Gasteiger partial charge in [0, 0.05) is 6.07 Å². The van der Waals surface area contributed by atoms with Crippen molar-refractivity contribution < 1.29 is 14.5 Å². The number of nitrogens with zero attached hydrogens (tertiary/aromatic N) is 1. The van der Waals surface area contributed by atoms with Gasteiger partial charge in [0.1, 0.15) is 11.3 Å². The summed E-state index contributed by atoms with van der Waals surface area (Å²) in [6.07, 6.45) is 3.27. The molecular formula is C16H24N2O4. The molecule has 0 atom stereocenters. The van der Waals surface area contributed by atoms with E-state index in [4.69, 9.17) is 4.74 Å². The maximum atomic E-state index is 11.7. The SMILES string of the molecule is CCCCCc1ccc(NC(=O)OC(C)(C)C)c([N+](=O)[O-])c1. The van der Waals surface area contributed by atoms with Gasteiger partial charge in [-0.3, -0.25) is 15.4 Å². The van der Waals surface area contributed by atoms with E-state index < -0.39 is 16.6 Å². The van der Waals surface area contributed by atoms with E-state index in [9.17, 15) is 14.9 Å². The van der Waals surface area contributed by atoms with Crippen LogP contribution in [0.5, 0.6) is 0 Å². The van der Waals surface area contributed by atoms with Crippen LogP contribution in [0.1, 0.15) is 52.5 Å². The molecule has 0 radical (unpaired) electrons. The number of nitro benzene ring substituents is 1. The minimum atomic E-state index is -0.700. The van der Waals surface area contributed by atoms with Gasteiger partial charge in [0.2, 0.25) is 0 Å². The number of nitro groups is 1. The lowest BCUT2D eigenvalue weighted by Crippen LogP contribution is -2.27. The van der Waals surface area contributed by atoms with Crippen molar-refractivity contribution in [2.75, 3.05) is 5.32 Å². The van der Waals surface area contributed by atoms with Gasteiger partial charge in [0.15, 0.2) is 0 Å². The molecule has 0 aliphatic heterocycles. The summed E-state index contributed by atoms with van der Waals surface area (Å²) in [4.78, 5) is 22.4. The highest BCUT2D eigenvalue weighted by Gasteiger charge is 2.20. The first-order valence-corrected chi connectivity index (χ1v) is 7.50. The second kappa shape index (κ2) is 7.77. The fraction of sp³-hybridized carbons (Fsp3) is 0.562. The molecule has 0 aliphatic rings. The zero-order valence-corrected chi connectivity index (χ0v) is 13.6. The number of hydrogen-bond donors (Lipinski definition) is 1. The predicted molar refractivity (Wildman–Crippen MR) is 86.2 cm³/mol. The molecule has 1 aromatic rings. The summed E-state index contributed by atoms with van der Waals surface area (Å²) in [6, 6.07) is 4.88. The fourth-order valence-electron chi connectivity index (χ4n) is 1.98. The van der Waals surface area contributed by atoms with Crippen LogP contribution in [-0.2, 0) is 11.2 Å². The highest BCUT2D eigenvalue weighted by Crippen LogP contribution is 2.27. The minimum Gasteiger partial charge on any atom is -0.444 e. The molecule has 0 fully saturated rings. The Labute approximate surface area is 131 Å². The third kappa shape index (κ3) is 6.11. The standard InChI is InChI=1S/C16H24N2O4/c1-5-6-7-8-12-9-10-13(14(11-12)18(20)21)17-15(19)22-16(2,3)4/h9-11H,5-8H2,1-4H3,(H,17,19). The normalized spacial score (nSPS) is 11.1. The van der Waals surface area contributed by atoms with Gasteiger partial charge < -0.3 is 4.74 Å². The quantitative estimate of drug-likeness (QED) is 0.470. The molecule has 0 heterocycles. The van der Waals surface area contributed by atoms with Gasteiger partial charge >= 0.3 is 6.09 Å². The van der Waals surface area contributed by atoms with Crippen LogP contribution in [0.3, 0.4) is 0 Å². The molecule has 6 nitrogen and oxygen atoms in total. The van der Waals surface area contributed by atoms with Crippen molar-refractivity contribution in [1.29, 1.82) is 0 Å². The fourth-order valence-corrected chi connectivity index (χ4v) is 1.98. The number of carbonyl (C=O) groups excluding carboxylic acids is 1. The van der Waals surface area contributed by atoms with Crippen molar-refractivity contribution in [3.63, 3.8) is 0 Å². The van der Waals surface area contributed by atoms with E-state index in [2.05, 4.69) is 12.2 Å². The van der Waals surface area contributed by atoms with Crippen molar-refractivity contribution in [3.8, 4) is 0 Å². The van der Waals surface area contributed by atoms with Crippen LogP contribution in [-0.4, -0.2) is 16.6 Å². The van der Waals surface area contributed by atoms with Crippen molar-refractivity contribution >= 4 is 17.5 Å². The first-order chi connectivity index (χ1) is 10.2. The smallest absolute Gasteiger partial charge is 0.412 e. The number of unbranched alkanes of at least 4 members (excludes halogenated alkanes) is 2. The predicted octanol–water partition coefficient (Wildman–Crippen LogP) is 4.67. The molecule has 0 saturated heterocycles. The molecule has 0 aliphatic carbocycles. The largest absolute Gasteiger partial charge is 0.444 e. The Morgan fingerprint density at radius 3 is 2.55 bits per heavy atom. The Bertz CT molecular complexity index is 535. The van der Waals surface area contributed by atoms with Gasteiger partial charge in [-0.15, -0.1) is 0 Å².